The number of benzene rings is 1. The van der Waals surface area contributed by atoms with Crippen molar-refractivity contribution in [3.63, 3.8) is 0 Å². The topological polar surface area (TPSA) is 60.4 Å². The Labute approximate surface area is 170 Å². The van der Waals surface area contributed by atoms with E-state index in [0.717, 1.165) is 48.8 Å². The molecule has 0 aliphatic heterocycles. The summed E-state index contributed by atoms with van der Waals surface area (Å²) < 4.78 is 17.9. The second-order valence-corrected chi connectivity index (χ2v) is 9.48. The number of aryl methyl sites for hydroxylation is 3. The SMILES string of the molecule is CCCCCOC(=O)C(C)(P=O)C1(C(=O)c2c(C)cc(C)cc2C)CCCC1. The second-order valence-electron chi connectivity index (χ2n) is 8.40. The minimum atomic E-state index is -1.36. The van der Waals surface area contributed by atoms with Gasteiger partial charge in [-0.3, -0.25) is 14.2 Å². The first-order valence-electron chi connectivity index (χ1n) is 10.4. The molecule has 1 aromatic rings. The van der Waals surface area contributed by atoms with E-state index in [2.05, 4.69) is 6.92 Å². The Morgan fingerprint density at radius 3 is 2.18 bits per heavy atom. The lowest BCUT2D eigenvalue weighted by molar-refractivity contribution is -0.149. The lowest BCUT2D eigenvalue weighted by atomic mass is 9.67. The molecule has 1 aliphatic carbocycles. The molecule has 0 heterocycles. The minimum Gasteiger partial charge on any atom is -0.465 e. The van der Waals surface area contributed by atoms with Crippen molar-refractivity contribution in [2.24, 2.45) is 5.41 Å². The highest BCUT2D eigenvalue weighted by Gasteiger charge is 2.61. The van der Waals surface area contributed by atoms with E-state index >= 15 is 0 Å². The van der Waals surface area contributed by atoms with Crippen molar-refractivity contribution < 1.29 is 18.9 Å². The number of hydrogen-bond donors (Lipinski definition) is 0. The molecule has 28 heavy (non-hydrogen) atoms. The minimum absolute atomic E-state index is 0.0589. The average Bonchev–Trinajstić information content (AvgIpc) is 3.15. The third-order valence-corrected chi connectivity index (χ3v) is 7.26. The van der Waals surface area contributed by atoms with Gasteiger partial charge in [-0.2, -0.15) is 0 Å². The number of Topliss-reactive ketones (excluding diaryl/α,β-unsaturated/α-hetero) is 1. The largest absolute Gasteiger partial charge is 0.465 e. The molecule has 0 bridgehead atoms. The average molecular weight is 404 g/mol. The maximum atomic E-state index is 13.9. The fourth-order valence-electron chi connectivity index (χ4n) is 4.67. The van der Waals surface area contributed by atoms with Crippen LogP contribution in [-0.4, -0.2) is 23.5 Å². The van der Waals surface area contributed by atoms with Crippen molar-refractivity contribution in [1.82, 2.24) is 0 Å². The summed E-state index contributed by atoms with van der Waals surface area (Å²) in [6.45, 7) is 9.92. The number of ketones is 1. The molecule has 0 spiro atoms. The molecule has 0 N–H and O–H groups in total. The fraction of sp³-hybridized carbons (Fsp3) is 0.652. The van der Waals surface area contributed by atoms with Crippen LogP contribution in [0.3, 0.4) is 0 Å². The van der Waals surface area contributed by atoms with Crippen LogP contribution in [0, 0.1) is 26.2 Å². The number of carbonyl (C=O) groups is 2. The van der Waals surface area contributed by atoms with Gasteiger partial charge in [-0.05, 0) is 58.1 Å². The molecule has 0 aromatic heterocycles. The van der Waals surface area contributed by atoms with Crippen molar-refractivity contribution >= 4 is 20.2 Å². The molecule has 154 valence electrons. The van der Waals surface area contributed by atoms with Crippen LogP contribution in [0.15, 0.2) is 12.1 Å². The Hall–Kier alpha value is -1.54. The maximum Gasteiger partial charge on any atom is 0.324 e. The van der Waals surface area contributed by atoms with E-state index in [0.29, 0.717) is 25.0 Å². The lowest BCUT2D eigenvalue weighted by Crippen LogP contribution is -2.52. The summed E-state index contributed by atoms with van der Waals surface area (Å²) in [6.07, 6.45) is 5.62. The zero-order valence-corrected chi connectivity index (χ0v) is 18.8. The quantitative estimate of drug-likeness (QED) is 0.215. The van der Waals surface area contributed by atoms with Crippen LogP contribution >= 0.6 is 8.46 Å². The van der Waals surface area contributed by atoms with Crippen molar-refractivity contribution in [2.45, 2.75) is 84.7 Å². The van der Waals surface area contributed by atoms with E-state index < -0.39 is 16.5 Å². The predicted molar refractivity (Wildman–Crippen MR) is 112 cm³/mol. The van der Waals surface area contributed by atoms with Crippen molar-refractivity contribution in [3.8, 4) is 0 Å². The van der Waals surface area contributed by atoms with Gasteiger partial charge in [0, 0.05) is 5.56 Å². The molecule has 5 heteroatoms. The molecule has 0 amide bonds. The number of hydrogen-bond acceptors (Lipinski definition) is 4. The monoisotopic (exact) mass is 404 g/mol. The van der Waals surface area contributed by atoms with Crippen molar-refractivity contribution in [1.29, 1.82) is 0 Å². The standard InChI is InChI=1S/C23H33O4P/c1-6-7-10-13-27-21(25)22(5,28-26)23(11-8-9-12-23)20(24)19-17(3)14-16(2)15-18(19)4/h14-15H,6-13H2,1-5H3. The third-order valence-electron chi connectivity index (χ3n) is 6.29. The van der Waals surface area contributed by atoms with Gasteiger partial charge in [-0.25, -0.2) is 0 Å². The van der Waals surface area contributed by atoms with Gasteiger partial charge >= 0.3 is 5.97 Å². The van der Waals surface area contributed by atoms with Crippen LogP contribution in [0.25, 0.3) is 0 Å². The summed E-state index contributed by atoms with van der Waals surface area (Å²) in [4.78, 5) is 26.9. The molecule has 4 nitrogen and oxygen atoms in total. The van der Waals surface area contributed by atoms with Gasteiger partial charge in [0.2, 0.25) is 0 Å². The Bertz CT molecular complexity index is 726. The van der Waals surface area contributed by atoms with E-state index in [4.69, 9.17) is 4.74 Å². The number of carbonyl (C=O) groups excluding carboxylic acids is 2. The molecule has 1 atom stereocenters. The second kappa shape index (κ2) is 9.31. The van der Waals surface area contributed by atoms with Crippen LogP contribution < -0.4 is 0 Å². The van der Waals surface area contributed by atoms with Crippen LogP contribution in [-0.2, 0) is 14.1 Å². The van der Waals surface area contributed by atoms with E-state index in [1.54, 1.807) is 6.92 Å². The summed E-state index contributed by atoms with van der Waals surface area (Å²) in [6, 6.07) is 4.00. The molecule has 0 saturated heterocycles. The van der Waals surface area contributed by atoms with Gasteiger partial charge in [0.05, 0.1) is 12.0 Å². The van der Waals surface area contributed by atoms with Gasteiger partial charge < -0.3 is 4.74 Å². The number of unbranched alkanes of at least 4 members (excludes halogenated alkanes) is 2. The first-order valence-corrected chi connectivity index (χ1v) is 11.2. The fourth-order valence-corrected chi connectivity index (χ4v) is 5.31. The molecular weight excluding hydrogens is 371 g/mol. The number of ether oxygens (including phenoxy) is 1. The van der Waals surface area contributed by atoms with E-state index in [1.807, 2.05) is 32.9 Å². The highest BCUT2D eigenvalue weighted by atomic mass is 31.1. The molecule has 1 aliphatic rings. The Morgan fingerprint density at radius 2 is 1.68 bits per heavy atom. The summed E-state index contributed by atoms with van der Waals surface area (Å²) in [5.41, 5.74) is 2.61. The Balaban J connectivity index is 2.44. The first kappa shape index (κ1) is 22.7. The normalized spacial score (nSPS) is 18.0. The summed E-state index contributed by atoms with van der Waals surface area (Å²) in [5, 5.41) is -1.36. The number of rotatable bonds is 9. The molecule has 1 aromatic carbocycles. The van der Waals surface area contributed by atoms with Crippen LogP contribution in [0.2, 0.25) is 0 Å². The van der Waals surface area contributed by atoms with Crippen LogP contribution in [0.4, 0.5) is 0 Å². The first-order chi connectivity index (χ1) is 13.2. The van der Waals surface area contributed by atoms with Crippen molar-refractivity contribution in [2.75, 3.05) is 6.61 Å². The molecule has 0 radical (unpaired) electrons. The molecule has 1 unspecified atom stereocenters. The van der Waals surface area contributed by atoms with E-state index in [-0.39, 0.29) is 14.2 Å². The molecule has 1 saturated carbocycles. The zero-order valence-electron chi connectivity index (χ0n) is 17.9. The van der Waals surface area contributed by atoms with Gasteiger partial charge in [0.1, 0.15) is 0 Å². The van der Waals surface area contributed by atoms with E-state index in [9.17, 15) is 14.2 Å². The van der Waals surface area contributed by atoms with Gasteiger partial charge in [0.15, 0.2) is 19.4 Å². The van der Waals surface area contributed by atoms with Crippen LogP contribution in [0.5, 0.6) is 0 Å². The highest BCUT2D eigenvalue weighted by Crippen LogP contribution is 2.55. The van der Waals surface area contributed by atoms with Gasteiger partial charge in [-0.1, -0.05) is 50.3 Å². The summed E-state index contributed by atoms with van der Waals surface area (Å²) in [5.74, 6) is -0.575. The highest BCUT2D eigenvalue weighted by molar-refractivity contribution is 7.28. The molecular formula is C23H33O4P. The Morgan fingerprint density at radius 1 is 1.11 bits per heavy atom. The van der Waals surface area contributed by atoms with E-state index in [1.165, 1.54) is 0 Å². The van der Waals surface area contributed by atoms with Crippen LogP contribution in [0.1, 0.15) is 85.8 Å². The van der Waals surface area contributed by atoms with Gasteiger partial charge in [-0.15, -0.1) is 0 Å². The lowest BCUT2D eigenvalue weighted by Gasteiger charge is -2.39. The molecule has 1 fully saturated rings. The Kier molecular flexibility index (Phi) is 7.56. The van der Waals surface area contributed by atoms with Gasteiger partial charge in [0.25, 0.3) is 0 Å². The smallest absolute Gasteiger partial charge is 0.324 e. The third kappa shape index (κ3) is 4.08. The summed E-state index contributed by atoms with van der Waals surface area (Å²) in [7, 11) is -0.342. The van der Waals surface area contributed by atoms with Crippen molar-refractivity contribution in [3.05, 3.63) is 34.4 Å². The number of esters is 1. The summed E-state index contributed by atoms with van der Waals surface area (Å²) >= 11 is 0. The maximum absolute atomic E-state index is 13.9. The predicted octanol–water partition coefficient (Wildman–Crippen LogP) is 6.14. The molecule has 2 rings (SSSR count). The zero-order chi connectivity index (χ0) is 20.9.